The molecule has 3 aromatic rings. The molecular formula is C22H27N5O8. The van der Waals surface area contributed by atoms with Crippen molar-refractivity contribution >= 4 is 23.1 Å². The summed E-state index contributed by atoms with van der Waals surface area (Å²) in [6.45, 7) is 0.480. The lowest BCUT2D eigenvalue weighted by atomic mass is 10.1. The summed E-state index contributed by atoms with van der Waals surface area (Å²) in [4.78, 5) is 31.0. The quantitative estimate of drug-likeness (QED) is 0.308. The van der Waals surface area contributed by atoms with E-state index in [9.17, 15) is 9.59 Å². The predicted octanol–water partition coefficient (Wildman–Crippen LogP) is 0.999. The zero-order chi connectivity index (χ0) is 24.8. The Labute approximate surface area is 200 Å². The molecule has 3 heterocycles. The van der Waals surface area contributed by atoms with Gasteiger partial charge in [0.2, 0.25) is 5.95 Å². The van der Waals surface area contributed by atoms with Crippen molar-refractivity contribution in [2.45, 2.75) is 31.1 Å². The van der Waals surface area contributed by atoms with Gasteiger partial charge >= 0.3 is 6.16 Å². The van der Waals surface area contributed by atoms with E-state index in [4.69, 9.17) is 34.2 Å². The maximum absolute atomic E-state index is 12.2. The number of rotatable bonds is 10. The molecule has 0 amide bonds. The molecule has 0 spiro atoms. The predicted molar refractivity (Wildman–Crippen MR) is 121 cm³/mol. The van der Waals surface area contributed by atoms with Gasteiger partial charge < -0.3 is 34.2 Å². The molecule has 0 bridgehead atoms. The number of methoxy groups -OCH3 is 2. The maximum atomic E-state index is 12.2. The summed E-state index contributed by atoms with van der Waals surface area (Å²) >= 11 is 0. The van der Waals surface area contributed by atoms with Gasteiger partial charge in [0.05, 0.1) is 19.4 Å². The summed E-state index contributed by atoms with van der Waals surface area (Å²) in [7, 11) is 3.05. The summed E-state index contributed by atoms with van der Waals surface area (Å²) in [6.07, 6.45) is -2.38. The van der Waals surface area contributed by atoms with Crippen molar-refractivity contribution in [2.75, 3.05) is 39.8 Å². The van der Waals surface area contributed by atoms with E-state index < -0.39 is 36.3 Å². The van der Waals surface area contributed by atoms with E-state index in [2.05, 4.69) is 15.1 Å². The van der Waals surface area contributed by atoms with Crippen molar-refractivity contribution in [3.05, 3.63) is 52.4 Å². The molecule has 4 rings (SSSR count). The number of carbonyl (C=O) groups is 1. The van der Waals surface area contributed by atoms with Crippen LogP contribution in [0, 0.1) is 0 Å². The van der Waals surface area contributed by atoms with Gasteiger partial charge in [-0.2, -0.15) is 10.1 Å². The third-order valence-corrected chi connectivity index (χ3v) is 5.44. The van der Waals surface area contributed by atoms with E-state index in [-0.39, 0.29) is 36.8 Å². The van der Waals surface area contributed by atoms with Crippen molar-refractivity contribution in [3.63, 3.8) is 0 Å². The normalized spacial score (nSPS) is 21.9. The highest BCUT2D eigenvalue weighted by Crippen LogP contribution is 2.34. The Morgan fingerprint density at radius 1 is 1.17 bits per heavy atom. The van der Waals surface area contributed by atoms with Gasteiger partial charge in [0.1, 0.15) is 36.9 Å². The highest BCUT2D eigenvalue weighted by molar-refractivity contribution is 5.74. The Bertz CT molecular complexity index is 1180. The van der Waals surface area contributed by atoms with Gasteiger partial charge in [-0.1, -0.05) is 30.3 Å². The van der Waals surface area contributed by atoms with Crippen LogP contribution < -0.4 is 11.3 Å². The summed E-state index contributed by atoms with van der Waals surface area (Å²) in [5.41, 5.74) is 6.34. The first kappa shape index (κ1) is 24.6. The lowest BCUT2D eigenvalue weighted by Crippen LogP contribution is -2.38. The molecule has 2 aromatic heterocycles. The number of nitrogens with zero attached hydrogens (tertiary/aromatic N) is 3. The molecule has 13 heteroatoms. The average molecular weight is 489 g/mol. The summed E-state index contributed by atoms with van der Waals surface area (Å²) in [6, 6.07) is 9.23. The Balaban J connectivity index is 1.50. The molecule has 0 saturated carbocycles. The molecule has 3 N–H and O–H groups in total. The van der Waals surface area contributed by atoms with Crippen LogP contribution in [0.2, 0.25) is 0 Å². The van der Waals surface area contributed by atoms with Crippen LogP contribution in [0.15, 0.2) is 41.3 Å². The average Bonchev–Trinajstić information content (AvgIpc) is 3.43. The fraction of sp³-hybridized carbons (Fsp3) is 0.455. The number of carbonyl (C=O) groups excluding carboxylic acids is 1. The summed E-state index contributed by atoms with van der Waals surface area (Å²) in [5.74, 6) is -0.0663. The van der Waals surface area contributed by atoms with Gasteiger partial charge in [-0.3, -0.25) is 9.78 Å². The number of aromatic amines is 1. The molecule has 1 aromatic carbocycles. The van der Waals surface area contributed by atoms with Crippen LogP contribution in [0.3, 0.4) is 0 Å². The minimum absolute atomic E-state index is 0.0663. The number of hydrogen-bond donors (Lipinski definition) is 2. The van der Waals surface area contributed by atoms with Crippen LogP contribution in [0.25, 0.3) is 11.0 Å². The number of nitrogens with one attached hydrogen (secondary N) is 1. The molecule has 13 nitrogen and oxygen atoms in total. The maximum Gasteiger partial charge on any atom is 0.508 e. The number of ether oxygens (including phenoxy) is 6. The van der Waals surface area contributed by atoms with E-state index in [1.54, 1.807) is 7.11 Å². The topological polar surface area (TPSA) is 162 Å². The number of hydrogen-bond acceptors (Lipinski definition) is 11. The number of anilines is 1. The van der Waals surface area contributed by atoms with Crippen molar-refractivity contribution in [3.8, 4) is 0 Å². The van der Waals surface area contributed by atoms with Crippen molar-refractivity contribution in [1.82, 2.24) is 19.7 Å². The van der Waals surface area contributed by atoms with Gasteiger partial charge in [-0.15, -0.1) is 0 Å². The van der Waals surface area contributed by atoms with E-state index >= 15 is 0 Å². The molecule has 1 fully saturated rings. The minimum Gasteiger partial charge on any atom is -0.431 e. The minimum atomic E-state index is -0.850. The Morgan fingerprint density at radius 3 is 2.71 bits per heavy atom. The molecule has 2 unspecified atom stereocenters. The van der Waals surface area contributed by atoms with E-state index in [1.807, 2.05) is 30.3 Å². The number of fused-ring (bicyclic) bond motifs is 1. The third-order valence-electron chi connectivity index (χ3n) is 5.44. The van der Waals surface area contributed by atoms with E-state index in [1.165, 1.54) is 18.0 Å². The van der Waals surface area contributed by atoms with E-state index in [0.29, 0.717) is 6.61 Å². The van der Waals surface area contributed by atoms with Gasteiger partial charge in [0.15, 0.2) is 11.9 Å². The molecule has 0 aliphatic carbocycles. The van der Waals surface area contributed by atoms with Gasteiger partial charge in [0.25, 0.3) is 5.56 Å². The fourth-order valence-electron chi connectivity index (χ4n) is 3.82. The van der Waals surface area contributed by atoms with Crippen LogP contribution in [0.4, 0.5) is 10.7 Å². The second-order valence-electron chi connectivity index (χ2n) is 7.71. The van der Waals surface area contributed by atoms with Gasteiger partial charge in [-0.25, -0.2) is 9.48 Å². The molecule has 1 saturated heterocycles. The molecule has 35 heavy (non-hydrogen) atoms. The number of nitrogens with two attached hydrogens (primary N) is 1. The number of H-pyrrole nitrogens is 1. The molecule has 188 valence electrons. The third kappa shape index (κ3) is 5.59. The van der Waals surface area contributed by atoms with Crippen LogP contribution in [-0.2, 0) is 35.0 Å². The first-order chi connectivity index (χ1) is 17.0. The van der Waals surface area contributed by atoms with Crippen molar-refractivity contribution in [2.24, 2.45) is 0 Å². The summed E-state index contributed by atoms with van der Waals surface area (Å²) in [5, 5.41) is 4.51. The van der Waals surface area contributed by atoms with Crippen LogP contribution in [0.1, 0.15) is 11.8 Å². The van der Waals surface area contributed by atoms with Crippen LogP contribution >= 0.6 is 0 Å². The second kappa shape index (κ2) is 11.3. The second-order valence-corrected chi connectivity index (χ2v) is 7.71. The highest BCUT2D eigenvalue weighted by atomic mass is 16.7. The van der Waals surface area contributed by atoms with Crippen molar-refractivity contribution in [1.29, 1.82) is 0 Å². The Hall–Kier alpha value is -3.52. The van der Waals surface area contributed by atoms with Crippen LogP contribution in [-0.4, -0.2) is 78.3 Å². The first-order valence-corrected chi connectivity index (χ1v) is 10.9. The number of nitrogen functional groups attached to an aromatic ring is 1. The number of benzene rings is 1. The zero-order valence-electron chi connectivity index (χ0n) is 19.3. The Morgan fingerprint density at radius 2 is 1.97 bits per heavy atom. The van der Waals surface area contributed by atoms with Gasteiger partial charge in [-0.05, 0) is 5.56 Å². The smallest absolute Gasteiger partial charge is 0.431 e. The molecule has 4 atom stereocenters. The molecule has 1 aliphatic rings. The molecule has 0 radical (unpaired) electrons. The lowest BCUT2D eigenvalue weighted by molar-refractivity contribution is -0.0866. The lowest BCUT2D eigenvalue weighted by Gasteiger charge is -2.23. The zero-order valence-corrected chi connectivity index (χ0v) is 19.3. The van der Waals surface area contributed by atoms with Crippen LogP contribution in [0.5, 0.6) is 0 Å². The van der Waals surface area contributed by atoms with Gasteiger partial charge in [0, 0.05) is 14.2 Å². The molecular weight excluding hydrogens is 462 g/mol. The van der Waals surface area contributed by atoms with E-state index in [0.717, 1.165) is 5.56 Å². The first-order valence-electron chi connectivity index (χ1n) is 10.9. The highest BCUT2D eigenvalue weighted by Gasteiger charge is 2.48. The Kier molecular flexibility index (Phi) is 7.92. The largest absolute Gasteiger partial charge is 0.508 e. The molecule has 1 aliphatic heterocycles. The monoisotopic (exact) mass is 489 g/mol. The standard InChI is InChI=1S/C22H27N5O8/c1-30-8-9-32-17-16(31-2)15(12-34-22(29)33-11-13-6-4-3-5-7-13)35-20(17)27-18-14(10-24-27)19(28)26-21(23)25-18/h3-7,10,15-17,20H,8-9,11-12H2,1-2H3,(H3,23,25,26,28)/t15-,16?,17?,20-/m1/s1. The number of aromatic nitrogens is 4. The van der Waals surface area contributed by atoms with Crippen molar-refractivity contribution < 1.29 is 33.2 Å². The summed E-state index contributed by atoms with van der Waals surface area (Å²) < 4.78 is 34.7. The fourth-order valence-corrected chi connectivity index (χ4v) is 3.82. The SMILES string of the molecule is COCCOC1C(OC)[C@@H](COC(=O)OCc2ccccc2)O[C@H]1n1ncc2c(=O)[nH]c(N)nc21.